The van der Waals surface area contributed by atoms with Crippen LogP contribution in [-0.4, -0.2) is 58.2 Å². The number of nitro groups is 1. The quantitative estimate of drug-likeness (QED) is 0.289. The summed E-state index contributed by atoms with van der Waals surface area (Å²) >= 11 is 0. The van der Waals surface area contributed by atoms with Gasteiger partial charge >= 0.3 is 11.7 Å². The summed E-state index contributed by atoms with van der Waals surface area (Å²) in [7, 11) is 4.36. The molecule has 0 spiro atoms. The second-order valence-electron chi connectivity index (χ2n) is 7.39. The molecule has 1 aromatic heterocycles. The fourth-order valence-electron chi connectivity index (χ4n) is 3.22. The summed E-state index contributed by atoms with van der Waals surface area (Å²) in [6, 6.07) is 7.84. The molecule has 0 saturated heterocycles. The number of carbonyl (C=O) groups is 1. The number of rotatable bonds is 12. The zero-order chi connectivity index (χ0) is 23.7. The van der Waals surface area contributed by atoms with Crippen LogP contribution in [0.2, 0.25) is 0 Å². The fourth-order valence-corrected chi connectivity index (χ4v) is 3.22. The van der Waals surface area contributed by atoms with Crippen molar-refractivity contribution in [2.45, 2.75) is 19.3 Å². The van der Waals surface area contributed by atoms with Crippen LogP contribution in [0.4, 0.5) is 11.5 Å². The maximum atomic E-state index is 12.0. The summed E-state index contributed by atoms with van der Waals surface area (Å²) in [5.41, 5.74) is 0.258. The average molecular weight is 447 g/mol. The van der Waals surface area contributed by atoms with E-state index >= 15 is 0 Å². The molecule has 2 aromatic rings. The molecule has 0 radical (unpaired) electrons. The lowest BCUT2D eigenvalue weighted by atomic mass is 10.1. The maximum absolute atomic E-state index is 12.0. The number of ether oxygens (including phenoxy) is 1. The van der Waals surface area contributed by atoms with Gasteiger partial charge in [0.05, 0.1) is 18.5 Å². The average Bonchev–Trinajstić information content (AvgIpc) is 2.78. The molecule has 0 amide bonds. The number of aryl methyl sites for hydroxylation is 1. The number of aromatic nitrogens is 2. The highest BCUT2D eigenvalue weighted by molar-refractivity contribution is 5.69. The van der Waals surface area contributed by atoms with Crippen LogP contribution < -0.4 is 16.6 Å². The number of hydrogen-bond donors (Lipinski definition) is 1. The van der Waals surface area contributed by atoms with Crippen LogP contribution in [0.25, 0.3) is 0 Å². The molecule has 0 unspecified atom stereocenters. The molecule has 2 rings (SSSR count). The third-order valence-corrected chi connectivity index (χ3v) is 5.21. The van der Waals surface area contributed by atoms with Gasteiger partial charge in [-0.2, -0.15) is 0 Å². The normalized spacial score (nSPS) is 10.9. The first-order valence-corrected chi connectivity index (χ1v) is 10.3. The van der Waals surface area contributed by atoms with Gasteiger partial charge in [0.25, 0.3) is 11.2 Å². The number of benzene rings is 1. The van der Waals surface area contributed by atoms with E-state index in [0.29, 0.717) is 32.0 Å². The largest absolute Gasteiger partial charge is 0.469 e. The van der Waals surface area contributed by atoms with Crippen molar-refractivity contribution in [3.8, 4) is 0 Å². The summed E-state index contributed by atoms with van der Waals surface area (Å²) in [4.78, 5) is 47.9. The molecule has 0 bridgehead atoms. The van der Waals surface area contributed by atoms with E-state index in [1.807, 2.05) is 0 Å². The predicted octanol–water partition coefficient (Wildman–Crippen LogP) is 0.902. The van der Waals surface area contributed by atoms with E-state index in [-0.39, 0.29) is 23.6 Å². The SMILES string of the molecule is COC(=O)CCN(CCCc1ccc([N+](=O)[O-])cc1)CCNc1cc(=O)n(C)c(=O)n1C. The number of esters is 1. The van der Waals surface area contributed by atoms with Crippen LogP contribution in [0.5, 0.6) is 0 Å². The number of nitro benzene ring substituents is 1. The van der Waals surface area contributed by atoms with Gasteiger partial charge in [-0.3, -0.25) is 28.8 Å². The second kappa shape index (κ2) is 11.8. The van der Waals surface area contributed by atoms with Gasteiger partial charge < -0.3 is 15.0 Å². The van der Waals surface area contributed by atoms with Crippen molar-refractivity contribution in [1.82, 2.24) is 14.0 Å². The number of anilines is 1. The number of hydrogen-bond acceptors (Lipinski definition) is 8. The molecule has 0 fully saturated rings. The minimum Gasteiger partial charge on any atom is -0.469 e. The Morgan fingerprint density at radius 2 is 1.81 bits per heavy atom. The van der Waals surface area contributed by atoms with Crippen LogP contribution in [0.15, 0.2) is 39.9 Å². The molecule has 0 saturated carbocycles. The molecule has 1 aromatic carbocycles. The highest BCUT2D eigenvalue weighted by Gasteiger charge is 2.11. The molecule has 32 heavy (non-hydrogen) atoms. The Morgan fingerprint density at radius 1 is 1.12 bits per heavy atom. The summed E-state index contributed by atoms with van der Waals surface area (Å²) in [5.74, 6) is 0.129. The van der Waals surface area contributed by atoms with Crippen molar-refractivity contribution in [2.24, 2.45) is 14.1 Å². The van der Waals surface area contributed by atoms with Crippen molar-refractivity contribution in [3.63, 3.8) is 0 Å². The summed E-state index contributed by atoms with van der Waals surface area (Å²) in [6.07, 6.45) is 1.78. The fraction of sp³-hybridized carbons (Fsp3) is 0.476. The number of methoxy groups -OCH3 is 1. The molecule has 0 aliphatic rings. The molecule has 174 valence electrons. The lowest BCUT2D eigenvalue weighted by Crippen LogP contribution is -2.38. The van der Waals surface area contributed by atoms with Gasteiger partial charge in [0.1, 0.15) is 5.82 Å². The van der Waals surface area contributed by atoms with E-state index in [2.05, 4.69) is 10.2 Å². The van der Waals surface area contributed by atoms with Gasteiger partial charge in [0, 0.05) is 51.9 Å². The molecule has 1 heterocycles. The molecule has 0 aliphatic heterocycles. The maximum Gasteiger partial charge on any atom is 0.332 e. The van der Waals surface area contributed by atoms with Crippen molar-refractivity contribution in [3.05, 3.63) is 66.8 Å². The van der Waals surface area contributed by atoms with Gasteiger partial charge in [-0.25, -0.2) is 4.79 Å². The predicted molar refractivity (Wildman–Crippen MR) is 120 cm³/mol. The Labute approximate surface area is 185 Å². The van der Waals surface area contributed by atoms with E-state index in [4.69, 9.17) is 4.74 Å². The molecule has 0 aliphatic carbocycles. The zero-order valence-corrected chi connectivity index (χ0v) is 18.6. The molecule has 1 N–H and O–H groups in total. The monoisotopic (exact) mass is 447 g/mol. The van der Waals surface area contributed by atoms with E-state index in [0.717, 1.165) is 23.0 Å². The van der Waals surface area contributed by atoms with Crippen LogP contribution in [-0.2, 0) is 30.0 Å². The van der Waals surface area contributed by atoms with Crippen molar-refractivity contribution in [1.29, 1.82) is 0 Å². The van der Waals surface area contributed by atoms with Gasteiger partial charge in [-0.05, 0) is 24.9 Å². The lowest BCUT2D eigenvalue weighted by Gasteiger charge is -2.22. The number of nitrogens with one attached hydrogen (secondary N) is 1. The Hall–Kier alpha value is -3.47. The van der Waals surface area contributed by atoms with E-state index in [9.17, 15) is 24.5 Å². The number of nitrogens with zero attached hydrogens (tertiary/aromatic N) is 4. The van der Waals surface area contributed by atoms with Gasteiger partial charge in [0.2, 0.25) is 0 Å². The van der Waals surface area contributed by atoms with Gasteiger partial charge in [-0.15, -0.1) is 0 Å². The Morgan fingerprint density at radius 3 is 2.44 bits per heavy atom. The van der Waals surface area contributed by atoms with Crippen LogP contribution in [0.3, 0.4) is 0 Å². The lowest BCUT2D eigenvalue weighted by molar-refractivity contribution is -0.384. The number of carbonyl (C=O) groups excluding carboxylic acids is 1. The smallest absolute Gasteiger partial charge is 0.332 e. The topological polar surface area (TPSA) is 129 Å². The molecular weight excluding hydrogens is 418 g/mol. The van der Waals surface area contributed by atoms with Crippen LogP contribution in [0, 0.1) is 10.1 Å². The molecular formula is C21H29N5O6. The first kappa shape index (κ1) is 24.8. The minimum absolute atomic E-state index is 0.0599. The molecule has 0 atom stereocenters. The number of non-ortho nitro benzene ring substituents is 1. The standard InChI is InChI=1S/C21H29N5O6/c1-23-18(15-19(27)24(2)21(23)29)22-11-14-25(13-10-20(28)32-3)12-4-5-16-6-8-17(9-7-16)26(30)31/h6-9,15,22H,4-5,10-14H2,1-3H3. The van der Waals surface area contributed by atoms with Gasteiger partial charge in [0.15, 0.2) is 0 Å². The Bertz CT molecular complexity index is 1040. The van der Waals surface area contributed by atoms with Crippen molar-refractivity contribution >= 4 is 17.5 Å². The van der Waals surface area contributed by atoms with Gasteiger partial charge in [-0.1, -0.05) is 12.1 Å². The first-order chi connectivity index (χ1) is 15.2. The van der Waals surface area contributed by atoms with Crippen molar-refractivity contribution < 1.29 is 14.5 Å². The third kappa shape index (κ3) is 7.05. The zero-order valence-electron chi connectivity index (χ0n) is 18.6. The van der Waals surface area contributed by atoms with Crippen LogP contribution >= 0.6 is 0 Å². The summed E-state index contributed by atoms with van der Waals surface area (Å²) in [6.45, 7) is 2.26. The Kier molecular flexibility index (Phi) is 9.14. The highest BCUT2D eigenvalue weighted by atomic mass is 16.6. The van der Waals surface area contributed by atoms with Crippen molar-refractivity contribution in [2.75, 3.05) is 38.6 Å². The second-order valence-corrected chi connectivity index (χ2v) is 7.39. The highest BCUT2D eigenvalue weighted by Crippen LogP contribution is 2.13. The Balaban J connectivity index is 1.93. The third-order valence-electron chi connectivity index (χ3n) is 5.21. The van der Waals surface area contributed by atoms with E-state index < -0.39 is 10.6 Å². The molecule has 11 heteroatoms. The first-order valence-electron chi connectivity index (χ1n) is 10.3. The minimum atomic E-state index is -0.427. The van der Waals surface area contributed by atoms with Crippen LogP contribution in [0.1, 0.15) is 18.4 Å². The summed E-state index contributed by atoms with van der Waals surface area (Å²) in [5, 5.41) is 13.9. The van der Waals surface area contributed by atoms with E-state index in [1.54, 1.807) is 19.2 Å². The van der Waals surface area contributed by atoms with E-state index in [1.165, 1.54) is 36.9 Å². The molecule has 11 nitrogen and oxygen atoms in total. The summed E-state index contributed by atoms with van der Waals surface area (Å²) < 4.78 is 7.12.